The highest BCUT2D eigenvalue weighted by atomic mass is 32.2. The summed E-state index contributed by atoms with van der Waals surface area (Å²) in [5.74, 6) is 0. The van der Waals surface area contributed by atoms with Crippen LogP contribution < -0.4 is 4.74 Å². The Labute approximate surface area is 95.1 Å². The summed E-state index contributed by atoms with van der Waals surface area (Å²) < 4.78 is 9.50. The van der Waals surface area contributed by atoms with Crippen LogP contribution in [0.1, 0.15) is 5.69 Å². The third-order valence-electron chi connectivity index (χ3n) is 1.56. The van der Waals surface area contributed by atoms with Crippen molar-refractivity contribution in [2.75, 3.05) is 6.26 Å². The van der Waals surface area contributed by atoms with Crippen LogP contribution in [0.2, 0.25) is 0 Å². The molecule has 0 atom stereocenters. The van der Waals surface area contributed by atoms with E-state index in [-0.39, 0.29) is 0 Å². The molecule has 0 unspecified atom stereocenters. The van der Waals surface area contributed by atoms with E-state index >= 15 is 0 Å². The summed E-state index contributed by atoms with van der Waals surface area (Å²) >= 11 is 2.74. The Kier molecular flexibility index (Phi) is 3.46. The van der Waals surface area contributed by atoms with Crippen LogP contribution in [0.5, 0.6) is 5.19 Å². The summed E-state index contributed by atoms with van der Waals surface area (Å²) in [6.45, 7) is 0.394. The molecule has 0 aliphatic rings. The van der Waals surface area contributed by atoms with E-state index in [0.717, 1.165) is 10.9 Å². The van der Waals surface area contributed by atoms with Crippen LogP contribution in [0.15, 0.2) is 23.7 Å². The van der Waals surface area contributed by atoms with Gasteiger partial charge in [-0.25, -0.2) is 9.97 Å². The van der Waals surface area contributed by atoms with Gasteiger partial charge < -0.3 is 4.74 Å². The molecule has 2 heterocycles. The fraction of sp³-hybridized carbons (Fsp3) is 0.250. The summed E-state index contributed by atoms with van der Waals surface area (Å²) in [6, 6.07) is 1.80. The van der Waals surface area contributed by atoms with Crippen LogP contribution in [0.4, 0.5) is 0 Å². The number of ether oxygens (including phenoxy) is 1. The highest BCUT2D eigenvalue weighted by molar-refractivity contribution is 7.98. The standard InChI is InChI=1S/C8H8N4OS2/c1-14-7-11-8(15-12-7)13-4-6-2-3-9-5-10-6/h2-3,5H,4H2,1H3. The van der Waals surface area contributed by atoms with E-state index in [4.69, 9.17) is 4.74 Å². The molecule has 0 aliphatic heterocycles. The van der Waals surface area contributed by atoms with Crippen molar-refractivity contribution < 1.29 is 4.74 Å². The minimum Gasteiger partial charge on any atom is -0.462 e. The fourth-order valence-corrected chi connectivity index (χ4v) is 1.96. The second kappa shape index (κ2) is 5.04. The average Bonchev–Trinajstić information content (AvgIpc) is 2.76. The molecule has 2 rings (SSSR count). The lowest BCUT2D eigenvalue weighted by atomic mass is 10.4. The van der Waals surface area contributed by atoms with Crippen molar-refractivity contribution in [1.82, 2.24) is 19.3 Å². The Morgan fingerprint density at radius 1 is 1.53 bits per heavy atom. The molecular weight excluding hydrogens is 232 g/mol. The van der Waals surface area contributed by atoms with Gasteiger partial charge in [0.05, 0.1) is 5.69 Å². The van der Waals surface area contributed by atoms with Crippen LogP contribution in [0, 0.1) is 0 Å². The van der Waals surface area contributed by atoms with Crippen LogP contribution >= 0.6 is 23.3 Å². The van der Waals surface area contributed by atoms with Crippen molar-refractivity contribution in [2.45, 2.75) is 11.8 Å². The minimum atomic E-state index is 0.394. The Balaban J connectivity index is 1.93. The SMILES string of the molecule is CSc1nsc(OCc2ccncn2)n1. The quantitative estimate of drug-likeness (QED) is 0.757. The van der Waals surface area contributed by atoms with Crippen molar-refractivity contribution in [2.24, 2.45) is 0 Å². The number of hydrogen-bond donors (Lipinski definition) is 0. The van der Waals surface area contributed by atoms with E-state index in [1.807, 2.05) is 6.26 Å². The number of hydrogen-bond acceptors (Lipinski definition) is 7. The van der Waals surface area contributed by atoms with Crippen molar-refractivity contribution in [3.63, 3.8) is 0 Å². The molecule has 0 saturated carbocycles. The lowest BCUT2D eigenvalue weighted by Crippen LogP contribution is -1.97. The second-order valence-electron chi connectivity index (χ2n) is 2.54. The molecule has 0 bridgehead atoms. The van der Waals surface area contributed by atoms with Gasteiger partial charge in [0.1, 0.15) is 12.9 Å². The van der Waals surface area contributed by atoms with Gasteiger partial charge in [0.15, 0.2) is 0 Å². The molecule has 0 spiro atoms. The summed E-state index contributed by atoms with van der Waals surface area (Å²) in [4.78, 5) is 12.0. The smallest absolute Gasteiger partial charge is 0.294 e. The molecular formula is C8H8N4OS2. The molecule has 2 aromatic rings. The number of nitrogens with zero attached hydrogens (tertiary/aromatic N) is 4. The molecule has 0 saturated heterocycles. The second-order valence-corrected chi connectivity index (χ2v) is 4.02. The van der Waals surface area contributed by atoms with Gasteiger partial charge in [-0.3, -0.25) is 0 Å². The maximum atomic E-state index is 5.42. The van der Waals surface area contributed by atoms with Gasteiger partial charge in [-0.1, -0.05) is 11.8 Å². The van der Waals surface area contributed by atoms with Crippen LogP contribution in [0.3, 0.4) is 0 Å². The monoisotopic (exact) mass is 240 g/mol. The Morgan fingerprint density at radius 3 is 3.13 bits per heavy atom. The van der Waals surface area contributed by atoms with Gasteiger partial charge in [-0.15, -0.1) is 0 Å². The van der Waals surface area contributed by atoms with E-state index in [0.29, 0.717) is 11.8 Å². The zero-order valence-corrected chi connectivity index (χ0v) is 9.59. The number of rotatable bonds is 4. The van der Waals surface area contributed by atoms with Crippen LogP contribution in [-0.2, 0) is 6.61 Å². The largest absolute Gasteiger partial charge is 0.462 e. The predicted octanol–water partition coefficient (Wildman–Crippen LogP) is 1.63. The Bertz CT molecular complexity index is 420. The van der Waals surface area contributed by atoms with E-state index < -0.39 is 0 Å². The van der Waals surface area contributed by atoms with Gasteiger partial charge in [0.2, 0.25) is 5.16 Å². The molecule has 7 heteroatoms. The number of thioether (sulfide) groups is 1. The third kappa shape index (κ3) is 2.87. The van der Waals surface area contributed by atoms with Gasteiger partial charge in [0, 0.05) is 17.7 Å². The zero-order valence-electron chi connectivity index (χ0n) is 7.95. The normalized spacial score (nSPS) is 10.2. The lowest BCUT2D eigenvalue weighted by Gasteiger charge is -1.99. The summed E-state index contributed by atoms with van der Waals surface area (Å²) in [6.07, 6.45) is 5.10. The van der Waals surface area contributed by atoms with E-state index in [1.165, 1.54) is 29.6 Å². The van der Waals surface area contributed by atoms with Crippen LogP contribution in [-0.4, -0.2) is 25.6 Å². The van der Waals surface area contributed by atoms with Crippen molar-refractivity contribution >= 4 is 23.3 Å². The summed E-state index contributed by atoms with van der Waals surface area (Å²) in [5.41, 5.74) is 0.825. The highest BCUT2D eigenvalue weighted by Crippen LogP contribution is 2.20. The lowest BCUT2D eigenvalue weighted by molar-refractivity contribution is 0.298. The molecule has 0 N–H and O–H groups in total. The number of aromatic nitrogens is 4. The first-order valence-corrected chi connectivity index (χ1v) is 6.13. The summed E-state index contributed by atoms with van der Waals surface area (Å²) in [5, 5.41) is 1.30. The predicted molar refractivity (Wildman–Crippen MR) is 58.1 cm³/mol. The zero-order chi connectivity index (χ0) is 10.5. The highest BCUT2D eigenvalue weighted by Gasteiger charge is 2.03. The van der Waals surface area contributed by atoms with Crippen molar-refractivity contribution in [3.8, 4) is 5.19 Å². The van der Waals surface area contributed by atoms with Gasteiger partial charge in [0.25, 0.3) is 5.19 Å². The van der Waals surface area contributed by atoms with E-state index in [1.54, 1.807) is 12.3 Å². The molecule has 15 heavy (non-hydrogen) atoms. The Morgan fingerprint density at radius 2 is 2.47 bits per heavy atom. The van der Waals surface area contributed by atoms with E-state index in [2.05, 4.69) is 19.3 Å². The molecule has 2 aromatic heterocycles. The average molecular weight is 240 g/mol. The molecule has 0 amide bonds. The van der Waals surface area contributed by atoms with Crippen molar-refractivity contribution in [1.29, 1.82) is 0 Å². The third-order valence-corrected chi connectivity index (χ3v) is 2.85. The fourth-order valence-electron chi connectivity index (χ4n) is 0.878. The molecule has 5 nitrogen and oxygen atoms in total. The minimum absolute atomic E-state index is 0.394. The first-order chi connectivity index (χ1) is 7.38. The van der Waals surface area contributed by atoms with E-state index in [9.17, 15) is 0 Å². The maximum Gasteiger partial charge on any atom is 0.294 e. The van der Waals surface area contributed by atoms with Gasteiger partial charge in [-0.2, -0.15) is 9.36 Å². The van der Waals surface area contributed by atoms with Gasteiger partial charge >= 0.3 is 0 Å². The molecule has 0 radical (unpaired) electrons. The molecule has 0 aromatic carbocycles. The van der Waals surface area contributed by atoms with Crippen LogP contribution in [0.25, 0.3) is 0 Å². The molecule has 0 fully saturated rings. The first kappa shape index (κ1) is 10.3. The molecule has 78 valence electrons. The summed E-state index contributed by atoms with van der Waals surface area (Å²) in [7, 11) is 0. The van der Waals surface area contributed by atoms with Gasteiger partial charge in [-0.05, 0) is 12.3 Å². The molecule has 0 aliphatic carbocycles. The van der Waals surface area contributed by atoms with Crippen molar-refractivity contribution in [3.05, 3.63) is 24.3 Å². The maximum absolute atomic E-state index is 5.42. The first-order valence-electron chi connectivity index (χ1n) is 4.14. The topological polar surface area (TPSA) is 60.8 Å². The Hall–Kier alpha value is -1.21.